The van der Waals surface area contributed by atoms with E-state index < -0.39 is 0 Å². The summed E-state index contributed by atoms with van der Waals surface area (Å²) in [6.07, 6.45) is 10.3. The molecule has 1 fully saturated rings. The summed E-state index contributed by atoms with van der Waals surface area (Å²) in [5, 5.41) is 10.4. The maximum Gasteiger partial charge on any atom is 0.243 e. The van der Waals surface area contributed by atoms with Crippen molar-refractivity contribution in [1.29, 1.82) is 0 Å². The van der Waals surface area contributed by atoms with E-state index in [0.717, 1.165) is 55.1 Å². The van der Waals surface area contributed by atoms with Crippen LogP contribution in [0.4, 0.5) is 0 Å². The predicted molar refractivity (Wildman–Crippen MR) is 144 cm³/mol. The van der Waals surface area contributed by atoms with E-state index in [-0.39, 0.29) is 17.5 Å². The third-order valence-corrected chi connectivity index (χ3v) is 8.40. The molecule has 1 amide bonds. The Labute approximate surface area is 217 Å². The summed E-state index contributed by atoms with van der Waals surface area (Å²) in [7, 11) is 1.94. The molecule has 0 radical (unpaired) electrons. The summed E-state index contributed by atoms with van der Waals surface area (Å²) < 4.78 is 2.02. The maximum atomic E-state index is 13.4. The summed E-state index contributed by atoms with van der Waals surface area (Å²) in [4.78, 5) is 15.4. The molecule has 3 aromatic rings. The van der Waals surface area contributed by atoms with Gasteiger partial charge in [-0.25, -0.2) is 0 Å². The smallest absolute Gasteiger partial charge is 0.243 e. The molecule has 5 nitrogen and oxygen atoms in total. The van der Waals surface area contributed by atoms with Crippen LogP contribution in [0.1, 0.15) is 62.6 Å². The number of aromatic nitrogens is 2. The zero-order chi connectivity index (χ0) is 24.6. The molecule has 1 aliphatic carbocycles. The molecule has 0 bridgehead atoms. The van der Waals surface area contributed by atoms with Gasteiger partial charge in [0.15, 0.2) is 0 Å². The number of rotatable bonds is 5. The third kappa shape index (κ3) is 4.62. The van der Waals surface area contributed by atoms with Crippen LogP contribution in [-0.4, -0.2) is 46.3 Å². The van der Waals surface area contributed by atoms with Crippen molar-refractivity contribution >= 4 is 45.6 Å². The Morgan fingerprint density at radius 2 is 1.91 bits per heavy atom. The fourth-order valence-corrected chi connectivity index (χ4v) is 6.23. The molecular formula is C28H32Cl2N4O. The van der Waals surface area contributed by atoms with Gasteiger partial charge < -0.3 is 10.2 Å². The highest BCUT2D eigenvalue weighted by Crippen LogP contribution is 2.34. The molecule has 1 aromatic heterocycles. The first-order chi connectivity index (χ1) is 16.9. The van der Waals surface area contributed by atoms with Crippen LogP contribution in [0.25, 0.3) is 16.5 Å². The van der Waals surface area contributed by atoms with Gasteiger partial charge in [-0.1, -0.05) is 66.7 Å². The van der Waals surface area contributed by atoms with E-state index >= 15 is 0 Å². The second kappa shape index (κ2) is 9.96. The van der Waals surface area contributed by atoms with E-state index in [4.69, 9.17) is 23.2 Å². The molecule has 35 heavy (non-hydrogen) atoms. The number of nitrogens with zero attached hydrogens (tertiary/aromatic N) is 3. The van der Waals surface area contributed by atoms with Gasteiger partial charge >= 0.3 is 0 Å². The number of carbonyl (C=O) groups excluding carboxylic acids is 1. The zero-order valence-electron chi connectivity index (χ0n) is 20.4. The first-order valence-electron chi connectivity index (χ1n) is 12.5. The molecular weight excluding hydrogens is 479 g/mol. The predicted octanol–water partition coefficient (Wildman–Crippen LogP) is 6.49. The van der Waals surface area contributed by atoms with Crippen molar-refractivity contribution in [3.05, 3.63) is 69.8 Å². The van der Waals surface area contributed by atoms with Gasteiger partial charge in [0.25, 0.3) is 0 Å². The normalized spacial score (nSPS) is 19.0. The maximum absolute atomic E-state index is 13.4. The second-order valence-electron chi connectivity index (χ2n) is 9.83. The number of likely N-dealkylation sites (N-methyl/N-ethyl adjacent to an activating group) is 1. The SMILES string of the molecule is CNC1(C(=O)N2CC=C(c3ccc4cnn([C@H](C)c5ccc(Cl)cc5Cl)c4c3)CC2)CCCCC1. The topological polar surface area (TPSA) is 50.2 Å². The van der Waals surface area contributed by atoms with Crippen LogP contribution in [0.15, 0.2) is 48.7 Å². The minimum absolute atomic E-state index is 0.0332. The van der Waals surface area contributed by atoms with Gasteiger partial charge in [-0.05, 0) is 68.1 Å². The van der Waals surface area contributed by atoms with Crippen molar-refractivity contribution in [3.63, 3.8) is 0 Å². The lowest BCUT2D eigenvalue weighted by Gasteiger charge is -2.40. The number of benzene rings is 2. The fourth-order valence-electron chi connectivity index (χ4n) is 5.66. The third-order valence-electron chi connectivity index (χ3n) is 7.84. The summed E-state index contributed by atoms with van der Waals surface area (Å²) in [6, 6.07) is 12.1. The summed E-state index contributed by atoms with van der Waals surface area (Å²) >= 11 is 12.6. The van der Waals surface area contributed by atoms with Gasteiger partial charge in [-0.2, -0.15) is 5.10 Å². The molecule has 184 valence electrons. The van der Waals surface area contributed by atoms with Crippen LogP contribution < -0.4 is 5.32 Å². The second-order valence-corrected chi connectivity index (χ2v) is 10.7. The minimum Gasteiger partial charge on any atom is -0.337 e. The van der Waals surface area contributed by atoms with E-state index in [1.54, 1.807) is 6.07 Å². The van der Waals surface area contributed by atoms with Crippen molar-refractivity contribution in [1.82, 2.24) is 20.0 Å². The van der Waals surface area contributed by atoms with Crippen LogP contribution in [-0.2, 0) is 4.79 Å². The number of carbonyl (C=O) groups is 1. The van der Waals surface area contributed by atoms with Crippen LogP contribution in [0.5, 0.6) is 0 Å². The molecule has 1 saturated carbocycles. The largest absolute Gasteiger partial charge is 0.337 e. The van der Waals surface area contributed by atoms with Crippen LogP contribution in [0.3, 0.4) is 0 Å². The van der Waals surface area contributed by atoms with Crippen molar-refractivity contribution in [2.45, 2.75) is 57.0 Å². The van der Waals surface area contributed by atoms with E-state index in [2.05, 4.69) is 41.6 Å². The Morgan fingerprint density at radius 1 is 1.11 bits per heavy atom. The summed E-state index contributed by atoms with van der Waals surface area (Å²) in [5.41, 5.74) is 4.13. The first-order valence-corrected chi connectivity index (χ1v) is 13.3. The average Bonchev–Trinajstić information content (AvgIpc) is 3.32. The van der Waals surface area contributed by atoms with Crippen molar-refractivity contribution in [2.24, 2.45) is 0 Å². The van der Waals surface area contributed by atoms with Crippen molar-refractivity contribution < 1.29 is 4.79 Å². The van der Waals surface area contributed by atoms with E-state index in [1.165, 1.54) is 17.6 Å². The van der Waals surface area contributed by atoms with Crippen LogP contribution >= 0.6 is 23.2 Å². The minimum atomic E-state index is -0.381. The number of halogens is 2. The lowest BCUT2D eigenvalue weighted by molar-refractivity contribution is -0.139. The Balaban J connectivity index is 1.38. The molecule has 1 aliphatic heterocycles. The highest BCUT2D eigenvalue weighted by molar-refractivity contribution is 6.35. The highest BCUT2D eigenvalue weighted by atomic mass is 35.5. The standard InChI is InChI=1S/C28H32Cl2N4O/c1-19(24-9-8-23(29)17-25(24)30)34-26-16-21(6-7-22(26)18-32-34)20-10-14-33(15-11-20)27(35)28(31-2)12-4-3-5-13-28/h6-10,16-19,31H,3-5,11-15H2,1-2H3/t19-/m1/s1. The number of nitrogens with one attached hydrogen (secondary N) is 1. The quantitative estimate of drug-likeness (QED) is 0.426. The van der Waals surface area contributed by atoms with Crippen molar-refractivity contribution in [2.75, 3.05) is 20.1 Å². The van der Waals surface area contributed by atoms with Crippen LogP contribution in [0.2, 0.25) is 10.0 Å². The van der Waals surface area contributed by atoms with E-state index in [0.29, 0.717) is 16.6 Å². The van der Waals surface area contributed by atoms with E-state index in [1.807, 2.05) is 35.0 Å². The lowest BCUT2D eigenvalue weighted by Crippen LogP contribution is -2.58. The van der Waals surface area contributed by atoms with Gasteiger partial charge in [-0.15, -0.1) is 0 Å². The molecule has 2 aliphatic rings. The number of fused-ring (bicyclic) bond motifs is 1. The lowest BCUT2D eigenvalue weighted by atomic mass is 9.80. The fraction of sp³-hybridized carbons (Fsp3) is 0.429. The van der Waals surface area contributed by atoms with Gasteiger partial charge in [-0.3, -0.25) is 9.48 Å². The monoisotopic (exact) mass is 510 g/mol. The first kappa shape index (κ1) is 24.4. The number of amides is 1. The number of hydrogen-bond donors (Lipinski definition) is 1. The Kier molecular flexibility index (Phi) is 6.93. The molecule has 1 atom stereocenters. The Morgan fingerprint density at radius 3 is 2.60 bits per heavy atom. The molecule has 0 spiro atoms. The van der Waals surface area contributed by atoms with Gasteiger partial charge in [0, 0.05) is 28.5 Å². The highest BCUT2D eigenvalue weighted by Gasteiger charge is 2.40. The molecule has 2 heterocycles. The van der Waals surface area contributed by atoms with Crippen molar-refractivity contribution in [3.8, 4) is 0 Å². The molecule has 5 rings (SSSR count). The molecule has 0 saturated heterocycles. The van der Waals surface area contributed by atoms with Gasteiger partial charge in [0.2, 0.25) is 5.91 Å². The zero-order valence-corrected chi connectivity index (χ0v) is 21.9. The molecule has 2 aromatic carbocycles. The Hall–Kier alpha value is -2.34. The van der Waals surface area contributed by atoms with Crippen LogP contribution in [0, 0.1) is 0 Å². The number of hydrogen-bond acceptors (Lipinski definition) is 3. The average molecular weight is 511 g/mol. The molecule has 0 unspecified atom stereocenters. The summed E-state index contributed by atoms with van der Waals surface area (Å²) in [6.45, 7) is 3.51. The van der Waals surface area contributed by atoms with E-state index in [9.17, 15) is 4.79 Å². The van der Waals surface area contributed by atoms with Gasteiger partial charge in [0.1, 0.15) is 0 Å². The van der Waals surface area contributed by atoms with Gasteiger partial charge in [0.05, 0.1) is 23.3 Å². The molecule has 7 heteroatoms. The molecule has 1 N–H and O–H groups in total. The Bertz CT molecular complexity index is 1280. The summed E-state index contributed by atoms with van der Waals surface area (Å²) in [5.74, 6) is 0.261.